The lowest BCUT2D eigenvalue weighted by molar-refractivity contribution is -0.140. The summed E-state index contributed by atoms with van der Waals surface area (Å²) in [5.41, 5.74) is 5.05. The third-order valence-electron chi connectivity index (χ3n) is 7.62. The number of ether oxygens (including phenoxy) is 3. The number of benzene rings is 1. The first kappa shape index (κ1) is 37.4. The number of nitrogens with one attached hydrogen (secondary N) is 1. The van der Waals surface area contributed by atoms with Gasteiger partial charge in [-0.25, -0.2) is 9.78 Å². The van der Waals surface area contributed by atoms with Crippen molar-refractivity contribution in [3.63, 3.8) is 0 Å². The van der Waals surface area contributed by atoms with Crippen LogP contribution in [0.25, 0.3) is 10.8 Å². The van der Waals surface area contributed by atoms with Crippen molar-refractivity contribution < 1.29 is 31.4 Å². The number of fused-ring (bicyclic) bond motifs is 1. The maximum atomic E-state index is 14.1. The smallest absolute Gasteiger partial charge is 0.408 e. The molecule has 254 valence electrons. The van der Waals surface area contributed by atoms with Crippen LogP contribution in [0.2, 0.25) is 0 Å². The number of carbonyl (C=O) groups excluding carboxylic acids is 3. The Morgan fingerprint density at radius 2 is 1.82 bits per heavy atom. The van der Waals surface area contributed by atoms with Crippen molar-refractivity contribution in [2.24, 2.45) is 17.6 Å². The predicted octanol–water partition coefficient (Wildman–Crippen LogP) is 6.90. The van der Waals surface area contributed by atoms with Crippen molar-refractivity contribution in [3.8, 4) is 11.6 Å². The van der Waals surface area contributed by atoms with Gasteiger partial charge in [0, 0.05) is 20.0 Å². The summed E-state index contributed by atoms with van der Waals surface area (Å²) in [7, 11) is 1.58. The third kappa shape index (κ3) is 10.9. The highest BCUT2D eigenvalue weighted by Gasteiger charge is 2.44. The number of likely N-dealkylation sites (tertiary alicyclic amines) is 1. The number of primary amides is 1. The first-order chi connectivity index (χ1) is 21.3. The van der Waals surface area contributed by atoms with E-state index >= 15 is 0 Å². The highest BCUT2D eigenvalue weighted by Crippen LogP contribution is 2.33. The number of hydrogen-bond donors (Lipinski definition) is 2. The third-order valence-corrected chi connectivity index (χ3v) is 7.62. The van der Waals surface area contributed by atoms with Gasteiger partial charge >= 0.3 is 6.09 Å². The van der Waals surface area contributed by atoms with Gasteiger partial charge in [0.1, 0.15) is 29.5 Å². The fraction of sp³-hybridized carbons (Fsp3) is 0.600. The molecule has 0 spiro atoms. The molecule has 0 unspecified atom stereocenters. The van der Waals surface area contributed by atoms with Crippen molar-refractivity contribution in [1.29, 1.82) is 0 Å². The molecule has 1 fully saturated rings. The molecule has 1 aromatic carbocycles. The number of nitrogens with two attached hydrogens (primary N) is 1. The summed E-state index contributed by atoms with van der Waals surface area (Å²) in [6.07, 6.45) is 8.46. The van der Waals surface area contributed by atoms with E-state index < -0.39 is 35.8 Å². The fourth-order valence-electron chi connectivity index (χ4n) is 5.41. The normalized spacial score (nSPS) is 18.5. The number of alkyl carbamates (subject to hydrolysis) is 1. The van der Waals surface area contributed by atoms with Gasteiger partial charge in [0.15, 0.2) is 0 Å². The SMILES string of the molecule is CC.CC/C=C\[C@@H](C)CCC[C@@H](C)[C@H](NC(=O)OC(C)(C)C)C(=O)N1C[C@H](Oc2ncc(OC)c3ccccc23)C[C@H]1C(N)=O.[HH].[HH]. The molecule has 0 radical (unpaired) electrons. The Balaban J connectivity index is 0.00000519. The molecular weight excluding hydrogens is 572 g/mol. The molecule has 0 bridgehead atoms. The maximum Gasteiger partial charge on any atom is 0.408 e. The van der Waals surface area contributed by atoms with Gasteiger partial charge in [-0.15, -0.1) is 0 Å². The first-order valence-electron chi connectivity index (χ1n) is 16.2. The lowest BCUT2D eigenvalue weighted by atomic mass is 9.92. The summed E-state index contributed by atoms with van der Waals surface area (Å²) in [6.45, 7) is 15.6. The molecule has 2 heterocycles. The topological polar surface area (TPSA) is 133 Å². The van der Waals surface area contributed by atoms with Gasteiger partial charge in [0.25, 0.3) is 0 Å². The molecule has 1 aliphatic heterocycles. The Morgan fingerprint density at radius 3 is 2.42 bits per heavy atom. The van der Waals surface area contributed by atoms with Crippen LogP contribution in [-0.2, 0) is 14.3 Å². The van der Waals surface area contributed by atoms with Crippen LogP contribution < -0.4 is 20.5 Å². The van der Waals surface area contributed by atoms with Gasteiger partial charge in [-0.3, -0.25) is 9.59 Å². The molecule has 0 aliphatic carbocycles. The van der Waals surface area contributed by atoms with Crippen LogP contribution >= 0.6 is 0 Å². The monoisotopic (exact) mass is 630 g/mol. The van der Waals surface area contributed by atoms with Crippen molar-refractivity contribution in [1.82, 2.24) is 15.2 Å². The van der Waals surface area contributed by atoms with Crippen LogP contribution in [0.4, 0.5) is 4.79 Å². The minimum Gasteiger partial charge on any atom is -0.494 e. The van der Waals surface area contributed by atoms with E-state index in [0.717, 1.165) is 30.0 Å². The molecule has 3 rings (SSSR count). The van der Waals surface area contributed by atoms with Crippen molar-refractivity contribution in [3.05, 3.63) is 42.6 Å². The molecule has 1 aliphatic rings. The minimum atomic E-state index is -0.906. The highest BCUT2D eigenvalue weighted by atomic mass is 16.6. The second kappa shape index (κ2) is 17.6. The molecule has 0 saturated carbocycles. The molecule has 5 atom stereocenters. The Kier molecular flexibility index (Phi) is 14.6. The minimum absolute atomic E-state index is 0. The number of methoxy groups -OCH3 is 1. The maximum absolute atomic E-state index is 14.1. The lowest BCUT2D eigenvalue weighted by Gasteiger charge is -2.31. The average Bonchev–Trinajstić information content (AvgIpc) is 3.43. The Labute approximate surface area is 272 Å². The number of carbonyl (C=O) groups is 3. The molecule has 45 heavy (non-hydrogen) atoms. The van der Waals surface area contributed by atoms with E-state index in [1.165, 1.54) is 4.90 Å². The predicted molar refractivity (Wildman–Crippen MR) is 182 cm³/mol. The van der Waals surface area contributed by atoms with Gasteiger partial charge < -0.3 is 30.2 Å². The zero-order valence-electron chi connectivity index (χ0n) is 28.6. The van der Waals surface area contributed by atoms with Crippen molar-refractivity contribution in [2.45, 2.75) is 111 Å². The number of allylic oxidation sites excluding steroid dienone is 2. The molecule has 1 saturated heterocycles. The number of hydrogen-bond acceptors (Lipinski definition) is 7. The molecule has 1 aromatic heterocycles. The zero-order valence-corrected chi connectivity index (χ0v) is 28.6. The van der Waals surface area contributed by atoms with E-state index in [1.807, 2.05) is 45.0 Å². The number of pyridine rings is 1. The van der Waals surface area contributed by atoms with Crippen LogP contribution in [0.3, 0.4) is 0 Å². The Bertz CT molecular complexity index is 1300. The van der Waals surface area contributed by atoms with E-state index in [-0.39, 0.29) is 27.6 Å². The van der Waals surface area contributed by atoms with Crippen molar-refractivity contribution >= 4 is 28.7 Å². The molecule has 3 amide bonds. The second-order valence-corrected chi connectivity index (χ2v) is 12.4. The summed E-state index contributed by atoms with van der Waals surface area (Å²) in [5, 5.41) is 4.39. The largest absolute Gasteiger partial charge is 0.494 e. The van der Waals surface area contributed by atoms with E-state index in [4.69, 9.17) is 19.9 Å². The molecule has 3 N–H and O–H groups in total. The summed E-state index contributed by atoms with van der Waals surface area (Å²) in [6, 6.07) is 5.77. The standard InChI is InChI=1S/C33H48N4O6.C2H6.2H2/c1-8-9-13-21(2)14-12-15-22(3)28(36-32(40)43-33(4,5)6)31(39)37-20-23(18-26(37)29(34)38)42-30-25-17-11-10-16-24(25)27(41-7)19-35-30;1-2;;/h9-11,13,16-17,19,21-23,26,28H,8,12,14-15,18,20H2,1-7H3,(H2,34,38)(H,36,40);1-2H3;2*1H/b13-9-;;;/t21-,22-,23-,26+,28+;;;/m1.../s1. The van der Waals surface area contributed by atoms with Crippen LogP contribution in [0.5, 0.6) is 11.6 Å². The number of nitrogens with zero attached hydrogens (tertiary/aromatic N) is 2. The fourth-order valence-corrected chi connectivity index (χ4v) is 5.41. The van der Waals surface area contributed by atoms with E-state index in [1.54, 1.807) is 34.1 Å². The molecule has 10 heteroatoms. The zero-order chi connectivity index (χ0) is 33.7. The quantitative estimate of drug-likeness (QED) is 0.230. The summed E-state index contributed by atoms with van der Waals surface area (Å²) >= 11 is 0. The summed E-state index contributed by atoms with van der Waals surface area (Å²) in [5.74, 6) is 0.164. The average molecular weight is 631 g/mol. The van der Waals surface area contributed by atoms with E-state index in [2.05, 4.69) is 36.3 Å². The van der Waals surface area contributed by atoms with Crippen LogP contribution in [0.1, 0.15) is 90.3 Å². The van der Waals surface area contributed by atoms with Crippen molar-refractivity contribution in [2.75, 3.05) is 13.7 Å². The molecular formula is C35H58N4O6. The van der Waals surface area contributed by atoms with Crippen LogP contribution in [0, 0.1) is 11.8 Å². The van der Waals surface area contributed by atoms with E-state index in [0.29, 0.717) is 24.0 Å². The molecule has 10 nitrogen and oxygen atoms in total. The van der Waals surface area contributed by atoms with Gasteiger partial charge in [-0.2, -0.15) is 0 Å². The Morgan fingerprint density at radius 1 is 1.16 bits per heavy atom. The summed E-state index contributed by atoms with van der Waals surface area (Å²) < 4.78 is 17.2. The first-order valence-corrected chi connectivity index (χ1v) is 16.2. The number of aromatic nitrogens is 1. The number of rotatable bonds is 13. The Hall–Kier alpha value is -3.82. The summed E-state index contributed by atoms with van der Waals surface area (Å²) in [4.78, 5) is 45.4. The van der Waals surface area contributed by atoms with Gasteiger partial charge in [0.05, 0.1) is 19.9 Å². The molecule has 2 aromatic rings. The van der Waals surface area contributed by atoms with Crippen LogP contribution in [-0.4, -0.2) is 65.2 Å². The van der Waals surface area contributed by atoms with Gasteiger partial charge in [0.2, 0.25) is 17.7 Å². The number of amides is 3. The highest BCUT2D eigenvalue weighted by molar-refractivity contribution is 5.93. The van der Waals surface area contributed by atoms with Crippen LogP contribution in [0.15, 0.2) is 42.6 Å². The van der Waals surface area contributed by atoms with Gasteiger partial charge in [-0.1, -0.05) is 71.4 Å². The van der Waals surface area contributed by atoms with E-state index in [9.17, 15) is 14.4 Å². The second-order valence-electron chi connectivity index (χ2n) is 12.4. The lowest BCUT2D eigenvalue weighted by Crippen LogP contribution is -2.55. The van der Waals surface area contributed by atoms with Gasteiger partial charge in [-0.05, 0) is 57.9 Å².